The molecule has 1 saturated heterocycles. The van der Waals surface area contributed by atoms with Crippen LogP contribution in [0.1, 0.15) is 32.8 Å². The maximum Gasteiger partial charge on any atom is 0.429 e. The van der Waals surface area contributed by atoms with E-state index in [1.807, 2.05) is 20.8 Å². The van der Waals surface area contributed by atoms with Crippen molar-refractivity contribution < 1.29 is 17.9 Å². The first-order valence-corrected chi connectivity index (χ1v) is 8.56. The van der Waals surface area contributed by atoms with Gasteiger partial charge in [-0.05, 0) is 38.3 Å². The Morgan fingerprint density at radius 1 is 1.27 bits per heavy atom. The average Bonchev–Trinajstić information content (AvgIpc) is 2.59. The first-order valence-electron chi connectivity index (χ1n) is 7.12. The standard InChI is InChI=1S/C16H21NO4S/c1-11(2)10-16(5)13(4)17(15(18)21-16)22(19,20)14-8-6-12(3)7-9-14/h6-9,11H,4,10H2,1-3,5H3. The van der Waals surface area contributed by atoms with Gasteiger partial charge in [0.15, 0.2) is 5.60 Å². The van der Waals surface area contributed by atoms with Crippen molar-refractivity contribution >= 4 is 16.1 Å². The Kier molecular flexibility index (Phi) is 4.08. The summed E-state index contributed by atoms with van der Waals surface area (Å²) in [6.07, 6.45) is -0.383. The van der Waals surface area contributed by atoms with E-state index in [1.54, 1.807) is 19.1 Å². The van der Waals surface area contributed by atoms with E-state index < -0.39 is 21.7 Å². The zero-order valence-electron chi connectivity index (χ0n) is 13.3. The molecule has 1 aliphatic rings. The number of amides is 1. The highest BCUT2D eigenvalue weighted by Gasteiger charge is 2.51. The van der Waals surface area contributed by atoms with E-state index in [0.29, 0.717) is 10.7 Å². The summed E-state index contributed by atoms with van der Waals surface area (Å²) in [6, 6.07) is 6.32. The smallest absolute Gasteiger partial charge is 0.429 e. The van der Waals surface area contributed by atoms with Crippen molar-refractivity contribution in [2.45, 2.75) is 44.6 Å². The number of nitrogens with zero attached hydrogens (tertiary/aromatic N) is 1. The van der Waals surface area contributed by atoms with E-state index in [2.05, 4.69) is 6.58 Å². The van der Waals surface area contributed by atoms with Crippen LogP contribution in [0.25, 0.3) is 0 Å². The predicted octanol–water partition coefficient (Wildman–Crippen LogP) is 3.45. The lowest BCUT2D eigenvalue weighted by Gasteiger charge is -2.25. The molecule has 1 heterocycles. The molecule has 1 amide bonds. The number of carbonyl (C=O) groups is 1. The summed E-state index contributed by atoms with van der Waals surface area (Å²) in [5, 5.41) is 0. The van der Waals surface area contributed by atoms with Gasteiger partial charge in [-0.1, -0.05) is 38.1 Å². The highest BCUT2D eigenvalue weighted by atomic mass is 32.2. The van der Waals surface area contributed by atoms with E-state index in [1.165, 1.54) is 12.1 Å². The van der Waals surface area contributed by atoms with Crippen LogP contribution in [0, 0.1) is 12.8 Å². The first-order chi connectivity index (χ1) is 10.1. The van der Waals surface area contributed by atoms with Crippen LogP contribution >= 0.6 is 0 Å². The van der Waals surface area contributed by atoms with Crippen LogP contribution in [-0.4, -0.2) is 24.4 Å². The number of rotatable bonds is 4. The van der Waals surface area contributed by atoms with Gasteiger partial charge in [-0.25, -0.2) is 13.2 Å². The molecule has 1 unspecified atom stereocenters. The Morgan fingerprint density at radius 3 is 2.32 bits per heavy atom. The number of aryl methyl sites for hydroxylation is 1. The number of sulfonamides is 1. The van der Waals surface area contributed by atoms with E-state index in [0.717, 1.165) is 5.56 Å². The van der Waals surface area contributed by atoms with Gasteiger partial charge in [-0.2, -0.15) is 4.31 Å². The molecule has 1 atom stereocenters. The van der Waals surface area contributed by atoms with Gasteiger partial charge in [-0.15, -0.1) is 0 Å². The third-order valence-corrected chi connectivity index (χ3v) is 5.41. The number of cyclic esters (lactones) is 1. The molecule has 120 valence electrons. The minimum atomic E-state index is -4.00. The first kappa shape index (κ1) is 16.5. The van der Waals surface area contributed by atoms with Gasteiger partial charge in [0.2, 0.25) is 0 Å². The minimum absolute atomic E-state index is 0.0463. The molecule has 0 bridgehead atoms. The SMILES string of the molecule is C=C1N(S(=O)(=O)c2ccc(C)cc2)C(=O)OC1(C)CC(C)C. The van der Waals surface area contributed by atoms with Crippen molar-refractivity contribution in [3.8, 4) is 0 Å². The van der Waals surface area contributed by atoms with E-state index in [9.17, 15) is 13.2 Å². The van der Waals surface area contributed by atoms with Gasteiger partial charge in [-0.3, -0.25) is 0 Å². The molecule has 0 aromatic heterocycles. The van der Waals surface area contributed by atoms with Gasteiger partial charge < -0.3 is 4.74 Å². The van der Waals surface area contributed by atoms with E-state index in [4.69, 9.17) is 4.74 Å². The maximum atomic E-state index is 12.7. The lowest BCUT2D eigenvalue weighted by molar-refractivity contribution is 0.0677. The fourth-order valence-electron chi connectivity index (χ4n) is 2.62. The zero-order valence-corrected chi connectivity index (χ0v) is 14.1. The zero-order chi connectivity index (χ0) is 16.7. The monoisotopic (exact) mass is 323 g/mol. The molecule has 0 N–H and O–H groups in total. The Balaban J connectivity index is 2.42. The molecule has 0 radical (unpaired) electrons. The molecular weight excluding hydrogens is 302 g/mol. The fourth-order valence-corrected chi connectivity index (χ4v) is 4.02. The maximum absolute atomic E-state index is 12.7. The second kappa shape index (κ2) is 5.43. The van der Waals surface area contributed by atoms with E-state index in [-0.39, 0.29) is 16.5 Å². The van der Waals surface area contributed by atoms with Gasteiger partial charge >= 0.3 is 6.09 Å². The summed E-state index contributed by atoms with van der Waals surface area (Å²) in [6.45, 7) is 11.3. The molecule has 6 heteroatoms. The molecule has 1 aromatic rings. The van der Waals surface area contributed by atoms with Crippen molar-refractivity contribution in [2.75, 3.05) is 0 Å². The lowest BCUT2D eigenvalue weighted by Crippen LogP contribution is -2.33. The molecule has 0 saturated carbocycles. The molecule has 0 spiro atoms. The van der Waals surface area contributed by atoms with Crippen LogP contribution in [0.15, 0.2) is 41.4 Å². The number of hydrogen-bond acceptors (Lipinski definition) is 4. The van der Waals surface area contributed by atoms with Crippen LogP contribution < -0.4 is 0 Å². The quantitative estimate of drug-likeness (QED) is 0.851. The number of ether oxygens (including phenoxy) is 1. The molecule has 0 aliphatic carbocycles. The average molecular weight is 323 g/mol. The minimum Gasteiger partial charge on any atom is -0.436 e. The van der Waals surface area contributed by atoms with Gasteiger partial charge in [0.25, 0.3) is 10.0 Å². The van der Waals surface area contributed by atoms with Crippen molar-refractivity contribution in [1.29, 1.82) is 0 Å². The van der Waals surface area contributed by atoms with Crippen LogP contribution in [0.2, 0.25) is 0 Å². The number of hydrogen-bond donors (Lipinski definition) is 0. The van der Waals surface area contributed by atoms with Crippen molar-refractivity contribution in [3.63, 3.8) is 0 Å². The van der Waals surface area contributed by atoms with Crippen molar-refractivity contribution in [2.24, 2.45) is 5.92 Å². The molecule has 1 fully saturated rings. The topological polar surface area (TPSA) is 63.7 Å². The second-order valence-electron chi connectivity index (χ2n) is 6.23. The molecular formula is C16H21NO4S. The largest absolute Gasteiger partial charge is 0.436 e. The summed E-state index contributed by atoms with van der Waals surface area (Å²) in [7, 11) is -4.00. The molecule has 5 nitrogen and oxygen atoms in total. The molecule has 22 heavy (non-hydrogen) atoms. The third kappa shape index (κ3) is 2.75. The number of benzene rings is 1. The Labute approximate surface area is 131 Å². The second-order valence-corrected chi connectivity index (χ2v) is 8.01. The lowest BCUT2D eigenvalue weighted by atomic mass is 9.92. The van der Waals surface area contributed by atoms with Crippen LogP contribution in [-0.2, 0) is 14.8 Å². The molecule has 1 aliphatic heterocycles. The van der Waals surface area contributed by atoms with Crippen molar-refractivity contribution in [1.82, 2.24) is 4.31 Å². The fraction of sp³-hybridized carbons (Fsp3) is 0.438. The summed E-state index contributed by atoms with van der Waals surface area (Å²) >= 11 is 0. The highest BCUT2D eigenvalue weighted by molar-refractivity contribution is 7.89. The van der Waals surface area contributed by atoms with Crippen molar-refractivity contribution in [3.05, 3.63) is 42.1 Å². The highest BCUT2D eigenvalue weighted by Crippen LogP contribution is 2.40. The summed E-state index contributed by atoms with van der Waals surface area (Å²) < 4.78 is 31.4. The summed E-state index contributed by atoms with van der Waals surface area (Å²) in [4.78, 5) is 12.2. The van der Waals surface area contributed by atoms with Gasteiger partial charge in [0, 0.05) is 0 Å². The Hall–Kier alpha value is -1.82. The Bertz CT molecular complexity index is 706. The molecule has 2 rings (SSSR count). The van der Waals surface area contributed by atoms with Gasteiger partial charge in [0.05, 0.1) is 10.6 Å². The van der Waals surface area contributed by atoms with E-state index >= 15 is 0 Å². The third-order valence-electron chi connectivity index (χ3n) is 3.69. The number of carbonyl (C=O) groups excluding carboxylic acids is 1. The van der Waals surface area contributed by atoms with Crippen LogP contribution in [0.4, 0.5) is 4.79 Å². The van der Waals surface area contributed by atoms with Gasteiger partial charge in [0.1, 0.15) is 0 Å². The predicted molar refractivity (Wildman–Crippen MR) is 83.7 cm³/mol. The Morgan fingerprint density at radius 2 is 1.82 bits per heavy atom. The molecule has 1 aromatic carbocycles. The van der Waals surface area contributed by atoms with Crippen LogP contribution in [0.5, 0.6) is 0 Å². The summed E-state index contributed by atoms with van der Waals surface area (Å²) in [5.41, 5.74) is 0.0985. The summed E-state index contributed by atoms with van der Waals surface area (Å²) in [5.74, 6) is 0.233. The normalized spacial score (nSPS) is 22.3. The van der Waals surface area contributed by atoms with Crippen LogP contribution in [0.3, 0.4) is 0 Å².